The molecule has 0 aliphatic heterocycles. The van der Waals surface area contributed by atoms with Gasteiger partial charge in [0.25, 0.3) is 0 Å². The molecule has 0 spiro atoms. The highest BCUT2D eigenvalue weighted by molar-refractivity contribution is 5.47. The van der Waals surface area contributed by atoms with Crippen molar-refractivity contribution in [2.24, 2.45) is 0 Å². The van der Waals surface area contributed by atoms with Gasteiger partial charge in [-0.2, -0.15) is 0 Å². The SMILES string of the molecule is COc1cccc(C(C)Nc2cc(F)c(F)c(F)c2)c1. The number of rotatable bonds is 4. The average Bonchev–Trinajstić information content (AvgIpc) is 2.44. The van der Waals surface area contributed by atoms with Gasteiger partial charge in [0.1, 0.15) is 5.75 Å². The van der Waals surface area contributed by atoms with Crippen LogP contribution in [0.3, 0.4) is 0 Å². The van der Waals surface area contributed by atoms with Crippen molar-refractivity contribution in [3.63, 3.8) is 0 Å². The first-order chi connectivity index (χ1) is 9.51. The van der Waals surface area contributed by atoms with E-state index in [9.17, 15) is 13.2 Å². The van der Waals surface area contributed by atoms with E-state index in [1.165, 1.54) is 0 Å². The molecule has 0 heterocycles. The van der Waals surface area contributed by atoms with E-state index >= 15 is 0 Å². The lowest BCUT2D eigenvalue weighted by atomic mass is 10.1. The van der Waals surface area contributed by atoms with Gasteiger partial charge in [-0.05, 0) is 24.6 Å². The van der Waals surface area contributed by atoms with E-state index in [4.69, 9.17) is 4.74 Å². The van der Waals surface area contributed by atoms with Crippen LogP contribution < -0.4 is 10.1 Å². The zero-order chi connectivity index (χ0) is 14.7. The molecule has 5 heteroatoms. The Labute approximate surface area is 115 Å². The monoisotopic (exact) mass is 281 g/mol. The van der Waals surface area contributed by atoms with Crippen LogP contribution in [0, 0.1) is 17.5 Å². The third kappa shape index (κ3) is 3.04. The lowest BCUT2D eigenvalue weighted by molar-refractivity contribution is 0.414. The molecule has 1 atom stereocenters. The van der Waals surface area contributed by atoms with Crippen LogP contribution in [0.15, 0.2) is 36.4 Å². The van der Waals surface area contributed by atoms with E-state index in [1.54, 1.807) is 13.2 Å². The molecule has 1 unspecified atom stereocenters. The fourth-order valence-corrected chi connectivity index (χ4v) is 1.88. The van der Waals surface area contributed by atoms with Crippen LogP contribution in [0.5, 0.6) is 5.75 Å². The van der Waals surface area contributed by atoms with E-state index in [2.05, 4.69) is 5.32 Å². The minimum atomic E-state index is -1.47. The van der Waals surface area contributed by atoms with Crippen molar-refractivity contribution < 1.29 is 17.9 Å². The molecule has 1 N–H and O–H groups in total. The van der Waals surface area contributed by atoms with Crippen molar-refractivity contribution in [3.8, 4) is 5.75 Å². The second-order valence-corrected chi connectivity index (χ2v) is 4.40. The molecule has 2 rings (SSSR count). The fourth-order valence-electron chi connectivity index (χ4n) is 1.88. The highest BCUT2D eigenvalue weighted by Gasteiger charge is 2.12. The third-order valence-electron chi connectivity index (χ3n) is 2.96. The van der Waals surface area contributed by atoms with Gasteiger partial charge in [-0.25, -0.2) is 13.2 Å². The molecule has 2 aromatic carbocycles. The van der Waals surface area contributed by atoms with Gasteiger partial charge in [0.15, 0.2) is 17.5 Å². The van der Waals surface area contributed by atoms with Gasteiger partial charge in [-0.15, -0.1) is 0 Å². The van der Waals surface area contributed by atoms with Gasteiger partial charge in [0.2, 0.25) is 0 Å². The highest BCUT2D eigenvalue weighted by Crippen LogP contribution is 2.24. The number of hydrogen-bond donors (Lipinski definition) is 1. The van der Waals surface area contributed by atoms with Crippen molar-refractivity contribution >= 4 is 5.69 Å². The number of nitrogens with one attached hydrogen (secondary N) is 1. The smallest absolute Gasteiger partial charge is 0.194 e. The van der Waals surface area contributed by atoms with Crippen molar-refractivity contribution in [1.29, 1.82) is 0 Å². The molecule has 0 aliphatic rings. The summed E-state index contributed by atoms with van der Waals surface area (Å²) in [5, 5.41) is 2.92. The Bertz CT molecular complexity index is 593. The first-order valence-electron chi connectivity index (χ1n) is 6.06. The third-order valence-corrected chi connectivity index (χ3v) is 2.96. The zero-order valence-electron chi connectivity index (χ0n) is 11.1. The summed E-state index contributed by atoms with van der Waals surface area (Å²) in [6.45, 7) is 1.83. The lowest BCUT2D eigenvalue weighted by Gasteiger charge is -2.16. The average molecular weight is 281 g/mol. The van der Waals surface area contributed by atoms with Gasteiger partial charge in [-0.3, -0.25) is 0 Å². The first kappa shape index (κ1) is 14.2. The molecule has 20 heavy (non-hydrogen) atoms. The summed E-state index contributed by atoms with van der Waals surface area (Å²) in [4.78, 5) is 0. The molecule has 0 fully saturated rings. The minimum absolute atomic E-state index is 0.178. The Morgan fingerprint density at radius 2 is 1.70 bits per heavy atom. The maximum atomic E-state index is 13.1. The number of anilines is 1. The molecule has 0 amide bonds. The van der Waals surface area contributed by atoms with Crippen LogP contribution in [0.25, 0.3) is 0 Å². The highest BCUT2D eigenvalue weighted by atomic mass is 19.2. The van der Waals surface area contributed by atoms with Crippen molar-refractivity contribution in [2.75, 3.05) is 12.4 Å². The standard InChI is InChI=1S/C15H14F3NO/c1-9(10-4-3-5-12(6-10)20-2)19-11-7-13(16)15(18)14(17)8-11/h3-9,19H,1-2H3. The minimum Gasteiger partial charge on any atom is -0.497 e. The Morgan fingerprint density at radius 3 is 2.30 bits per heavy atom. The Hall–Kier alpha value is -2.17. The maximum absolute atomic E-state index is 13.1. The summed E-state index contributed by atoms with van der Waals surface area (Å²) < 4.78 is 44.3. The topological polar surface area (TPSA) is 21.3 Å². The molecular formula is C15H14F3NO. The maximum Gasteiger partial charge on any atom is 0.194 e. The molecule has 0 saturated heterocycles. The molecule has 0 bridgehead atoms. The summed E-state index contributed by atoms with van der Waals surface area (Å²) in [6, 6.07) is 8.93. The summed E-state index contributed by atoms with van der Waals surface area (Å²) in [6.07, 6.45) is 0. The molecule has 0 aromatic heterocycles. The van der Waals surface area contributed by atoms with Crippen LogP contribution in [-0.2, 0) is 0 Å². The number of benzene rings is 2. The Kier molecular flexibility index (Phi) is 4.17. The molecule has 0 aliphatic carbocycles. The molecule has 2 aromatic rings. The Balaban J connectivity index is 2.20. The number of methoxy groups -OCH3 is 1. The molecule has 0 saturated carbocycles. The van der Waals surface area contributed by atoms with E-state index in [1.807, 2.05) is 25.1 Å². The summed E-state index contributed by atoms with van der Waals surface area (Å²) in [7, 11) is 1.56. The summed E-state index contributed by atoms with van der Waals surface area (Å²) >= 11 is 0. The lowest BCUT2D eigenvalue weighted by Crippen LogP contribution is -2.08. The van der Waals surface area contributed by atoms with Gasteiger partial charge in [0.05, 0.1) is 7.11 Å². The van der Waals surface area contributed by atoms with E-state index < -0.39 is 17.5 Å². The molecule has 2 nitrogen and oxygen atoms in total. The van der Waals surface area contributed by atoms with Gasteiger partial charge in [-0.1, -0.05) is 12.1 Å². The van der Waals surface area contributed by atoms with Crippen molar-refractivity contribution in [1.82, 2.24) is 0 Å². The van der Waals surface area contributed by atoms with E-state index in [0.717, 1.165) is 17.7 Å². The zero-order valence-corrected chi connectivity index (χ0v) is 11.1. The van der Waals surface area contributed by atoms with Crippen molar-refractivity contribution in [2.45, 2.75) is 13.0 Å². The van der Waals surface area contributed by atoms with E-state index in [-0.39, 0.29) is 11.7 Å². The largest absolute Gasteiger partial charge is 0.497 e. The predicted molar refractivity (Wildman–Crippen MR) is 71.3 cm³/mol. The second-order valence-electron chi connectivity index (χ2n) is 4.40. The fraction of sp³-hybridized carbons (Fsp3) is 0.200. The van der Waals surface area contributed by atoms with Crippen LogP contribution in [0.2, 0.25) is 0 Å². The quantitative estimate of drug-likeness (QED) is 0.844. The van der Waals surface area contributed by atoms with Crippen LogP contribution in [0.4, 0.5) is 18.9 Å². The van der Waals surface area contributed by atoms with Crippen LogP contribution >= 0.6 is 0 Å². The van der Waals surface area contributed by atoms with Crippen LogP contribution in [0.1, 0.15) is 18.5 Å². The molecule has 0 radical (unpaired) electrons. The normalized spacial score (nSPS) is 12.1. The van der Waals surface area contributed by atoms with Crippen LogP contribution in [-0.4, -0.2) is 7.11 Å². The number of ether oxygens (including phenoxy) is 1. The van der Waals surface area contributed by atoms with Crippen molar-refractivity contribution in [3.05, 3.63) is 59.4 Å². The summed E-state index contributed by atoms with van der Waals surface area (Å²) in [5.41, 5.74) is 1.06. The Morgan fingerprint density at radius 1 is 1.05 bits per heavy atom. The van der Waals surface area contributed by atoms with Gasteiger partial charge >= 0.3 is 0 Å². The van der Waals surface area contributed by atoms with Gasteiger partial charge < -0.3 is 10.1 Å². The van der Waals surface area contributed by atoms with E-state index in [0.29, 0.717) is 5.75 Å². The number of halogens is 3. The number of hydrogen-bond acceptors (Lipinski definition) is 2. The first-order valence-corrected chi connectivity index (χ1v) is 6.06. The molecule has 106 valence electrons. The predicted octanol–water partition coefficient (Wildman–Crippen LogP) is 4.29. The summed E-state index contributed by atoms with van der Waals surface area (Å²) in [5.74, 6) is -3.21. The second kappa shape index (κ2) is 5.86. The molecular weight excluding hydrogens is 267 g/mol. The van der Waals surface area contributed by atoms with Gasteiger partial charge in [0, 0.05) is 23.9 Å².